The second kappa shape index (κ2) is 4.34. The van der Waals surface area contributed by atoms with Crippen molar-refractivity contribution in [3.05, 3.63) is 26.8 Å². The second-order valence-electron chi connectivity index (χ2n) is 4.01. The van der Waals surface area contributed by atoms with Crippen LogP contribution in [0, 0.1) is 9.49 Å². The number of rotatable bonds is 1. The van der Waals surface area contributed by atoms with Crippen molar-refractivity contribution < 1.29 is 8.42 Å². The first kappa shape index (κ1) is 12.4. The molecule has 1 aromatic rings. The molecule has 0 spiro atoms. The third-order valence-corrected chi connectivity index (χ3v) is 5.47. The van der Waals surface area contributed by atoms with E-state index in [1.165, 1.54) is 4.31 Å². The van der Waals surface area contributed by atoms with Crippen LogP contribution in [-0.2, 0) is 10.0 Å². The maximum Gasteiger partial charge on any atom is 0.235 e. The normalized spacial score (nSPS) is 23.7. The molecule has 6 heteroatoms. The summed E-state index contributed by atoms with van der Waals surface area (Å²) in [5.74, 6) is 0.357. The standard InChI is InChI=1S/C10H11ClINO2S/c1-7-5-13(16(14,15)6-7)10-3-2-8(12)4-9(10)11/h2-4,7H,5-6H2,1H3. The van der Waals surface area contributed by atoms with Crippen LogP contribution in [-0.4, -0.2) is 20.7 Å². The van der Waals surface area contributed by atoms with Gasteiger partial charge in [-0.25, -0.2) is 8.42 Å². The van der Waals surface area contributed by atoms with Gasteiger partial charge in [0, 0.05) is 10.1 Å². The van der Waals surface area contributed by atoms with Gasteiger partial charge in [0.1, 0.15) is 0 Å². The molecule has 0 radical (unpaired) electrons. The molecule has 1 saturated heterocycles. The molecule has 1 heterocycles. The van der Waals surface area contributed by atoms with Gasteiger partial charge < -0.3 is 0 Å². The summed E-state index contributed by atoms with van der Waals surface area (Å²) in [5.41, 5.74) is 0.589. The summed E-state index contributed by atoms with van der Waals surface area (Å²) in [7, 11) is -3.18. The van der Waals surface area contributed by atoms with Crippen LogP contribution in [0.2, 0.25) is 5.02 Å². The zero-order valence-electron chi connectivity index (χ0n) is 8.65. The van der Waals surface area contributed by atoms with Crippen molar-refractivity contribution >= 4 is 49.9 Å². The number of hydrogen-bond donors (Lipinski definition) is 0. The van der Waals surface area contributed by atoms with Crippen LogP contribution in [0.3, 0.4) is 0 Å². The molecule has 16 heavy (non-hydrogen) atoms. The first-order valence-electron chi connectivity index (χ1n) is 4.85. The number of halogens is 2. The van der Waals surface area contributed by atoms with E-state index in [2.05, 4.69) is 22.6 Å². The highest BCUT2D eigenvalue weighted by molar-refractivity contribution is 14.1. The summed E-state index contributed by atoms with van der Waals surface area (Å²) in [5, 5.41) is 0.490. The average Bonchev–Trinajstić information content (AvgIpc) is 2.39. The summed E-state index contributed by atoms with van der Waals surface area (Å²) in [6.45, 7) is 2.45. The largest absolute Gasteiger partial charge is 0.268 e. The molecule has 1 fully saturated rings. The van der Waals surface area contributed by atoms with Crippen LogP contribution in [0.1, 0.15) is 6.92 Å². The summed E-state index contributed by atoms with van der Waals surface area (Å²) in [6, 6.07) is 5.40. The highest BCUT2D eigenvalue weighted by atomic mass is 127. The molecular formula is C10H11ClINO2S. The predicted molar refractivity (Wildman–Crippen MR) is 74.5 cm³/mol. The molecule has 3 nitrogen and oxygen atoms in total. The van der Waals surface area contributed by atoms with Crippen molar-refractivity contribution in [2.24, 2.45) is 5.92 Å². The van der Waals surface area contributed by atoms with Gasteiger partial charge in [0.25, 0.3) is 0 Å². The predicted octanol–water partition coefficient (Wildman–Crippen LogP) is 2.73. The smallest absolute Gasteiger partial charge is 0.235 e. The summed E-state index contributed by atoms with van der Waals surface area (Å²) in [4.78, 5) is 0. The third kappa shape index (κ3) is 2.31. The summed E-state index contributed by atoms with van der Waals surface area (Å²) in [6.07, 6.45) is 0. The zero-order chi connectivity index (χ0) is 11.9. The Morgan fingerprint density at radius 2 is 2.19 bits per heavy atom. The monoisotopic (exact) mass is 371 g/mol. The van der Waals surface area contributed by atoms with Crippen molar-refractivity contribution in [3.8, 4) is 0 Å². The molecule has 0 aromatic heterocycles. The van der Waals surface area contributed by atoms with Crippen molar-refractivity contribution in [2.45, 2.75) is 6.92 Å². The SMILES string of the molecule is CC1CN(c2ccc(I)cc2Cl)S(=O)(=O)C1. The van der Waals surface area contributed by atoms with E-state index >= 15 is 0 Å². The summed E-state index contributed by atoms with van der Waals surface area (Å²) >= 11 is 8.22. The van der Waals surface area contributed by atoms with Crippen molar-refractivity contribution in [2.75, 3.05) is 16.6 Å². The van der Waals surface area contributed by atoms with Crippen LogP contribution in [0.15, 0.2) is 18.2 Å². The molecule has 0 saturated carbocycles. The Hall–Kier alpha value is -0.0100. The molecule has 1 aliphatic rings. The number of nitrogens with zero attached hydrogens (tertiary/aromatic N) is 1. The van der Waals surface area contributed by atoms with Gasteiger partial charge in [-0.15, -0.1) is 0 Å². The van der Waals surface area contributed by atoms with Crippen LogP contribution in [0.5, 0.6) is 0 Å². The van der Waals surface area contributed by atoms with E-state index in [0.717, 1.165) is 3.57 Å². The minimum Gasteiger partial charge on any atom is -0.268 e. The van der Waals surface area contributed by atoms with Crippen molar-refractivity contribution in [3.63, 3.8) is 0 Å². The molecule has 0 bridgehead atoms. The van der Waals surface area contributed by atoms with E-state index in [4.69, 9.17) is 11.6 Å². The lowest BCUT2D eigenvalue weighted by molar-refractivity contribution is 0.598. The van der Waals surface area contributed by atoms with Crippen molar-refractivity contribution in [1.82, 2.24) is 0 Å². The van der Waals surface area contributed by atoms with Gasteiger partial charge in [0.05, 0.1) is 16.5 Å². The zero-order valence-corrected chi connectivity index (χ0v) is 12.4. The lowest BCUT2D eigenvalue weighted by Gasteiger charge is -2.18. The minimum absolute atomic E-state index is 0.153. The van der Waals surface area contributed by atoms with Gasteiger partial charge in [-0.2, -0.15) is 0 Å². The number of sulfonamides is 1. The van der Waals surface area contributed by atoms with E-state index in [9.17, 15) is 8.42 Å². The fourth-order valence-corrected chi connectivity index (χ4v) is 4.78. The van der Waals surface area contributed by atoms with Gasteiger partial charge in [0.15, 0.2) is 0 Å². The Morgan fingerprint density at radius 3 is 2.69 bits per heavy atom. The number of anilines is 1. The Labute approximate surface area is 114 Å². The molecule has 0 amide bonds. The van der Waals surface area contributed by atoms with Crippen molar-refractivity contribution in [1.29, 1.82) is 0 Å². The van der Waals surface area contributed by atoms with Crippen LogP contribution in [0.25, 0.3) is 0 Å². The molecule has 1 aromatic carbocycles. The molecule has 1 unspecified atom stereocenters. The van der Waals surface area contributed by atoms with E-state index < -0.39 is 10.0 Å². The first-order chi connectivity index (χ1) is 7.40. The fourth-order valence-electron chi connectivity index (χ4n) is 1.83. The highest BCUT2D eigenvalue weighted by Crippen LogP contribution is 2.33. The molecular weight excluding hydrogens is 361 g/mol. The first-order valence-corrected chi connectivity index (χ1v) is 7.92. The van der Waals surface area contributed by atoms with Crippen LogP contribution in [0.4, 0.5) is 5.69 Å². The maximum atomic E-state index is 11.9. The van der Waals surface area contributed by atoms with Gasteiger partial charge >= 0.3 is 0 Å². The van der Waals surface area contributed by atoms with E-state index in [-0.39, 0.29) is 11.7 Å². The maximum absolute atomic E-state index is 11.9. The van der Waals surface area contributed by atoms with Crippen LogP contribution < -0.4 is 4.31 Å². The molecule has 1 aliphatic heterocycles. The average molecular weight is 372 g/mol. The van der Waals surface area contributed by atoms with Gasteiger partial charge in [-0.3, -0.25) is 4.31 Å². The van der Waals surface area contributed by atoms with Gasteiger partial charge in [-0.05, 0) is 46.7 Å². The number of benzene rings is 1. The molecule has 0 aliphatic carbocycles. The second-order valence-corrected chi connectivity index (χ2v) is 7.60. The topological polar surface area (TPSA) is 37.4 Å². The highest BCUT2D eigenvalue weighted by Gasteiger charge is 2.34. The molecule has 2 rings (SSSR count). The Morgan fingerprint density at radius 1 is 1.50 bits per heavy atom. The molecule has 1 atom stereocenters. The quantitative estimate of drug-likeness (QED) is 0.712. The lowest BCUT2D eigenvalue weighted by Crippen LogP contribution is -2.25. The van der Waals surface area contributed by atoms with Crippen LogP contribution >= 0.6 is 34.2 Å². The fraction of sp³-hybridized carbons (Fsp3) is 0.400. The molecule has 0 N–H and O–H groups in total. The van der Waals surface area contributed by atoms with E-state index in [0.29, 0.717) is 17.3 Å². The van der Waals surface area contributed by atoms with E-state index in [1.54, 1.807) is 12.1 Å². The Bertz CT molecular complexity index is 518. The van der Waals surface area contributed by atoms with E-state index in [1.807, 2.05) is 13.0 Å². The van der Waals surface area contributed by atoms with Gasteiger partial charge in [-0.1, -0.05) is 18.5 Å². The number of hydrogen-bond acceptors (Lipinski definition) is 2. The Kier molecular flexibility index (Phi) is 3.38. The molecule has 88 valence electrons. The summed E-state index contributed by atoms with van der Waals surface area (Å²) < 4.78 is 26.2. The van der Waals surface area contributed by atoms with Gasteiger partial charge in [0.2, 0.25) is 10.0 Å². The minimum atomic E-state index is -3.18. The lowest BCUT2D eigenvalue weighted by atomic mass is 10.2. The third-order valence-electron chi connectivity index (χ3n) is 2.49. The Balaban J connectivity index is 2.45.